The van der Waals surface area contributed by atoms with Gasteiger partial charge in [-0.3, -0.25) is 9.59 Å². The number of fused-ring (bicyclic) bond motifs is 2. The van der Waals surface area contributed by atoms with Gasteiger partial charge in [0.1, 0.15) is 18.6 Å². The minimum atomic E-state index is -0.587. The molecule has 5 heteroatoms. The fourth-order valence-electron chi connectivity index (χ4n) is 5.41. The topological polar surface area (TPSA) is 55.8 Å². The molecule has 0 aromatic heterocycles. The van der Waals surface area contributed by atoms with Crippen LogP contribution in [0.1, 0.15) is 108 Å². The molecular formula is C31H45NO4. The second-order valence-corrected chi connectivity index (χ2v) is 10.5. The molecule has 2 bridgehead atoms. The van der Waals surface area contributed by atoms with Crippen LogP contribution in [0, 0.1) is 11.8 Å². The van der Waals surface area contributed by atoms with Crippen LogP contribution in [0.3, 0.4) is 0 Å². The van der Waals surface area contributed by atoms with Gasteiger partial charge in [-0.1, -0.05) is 62.9 Å². The lowest BCUT2D eigenvalue weighted by Crippen LogP contribution is -2.44. The molecule has 0 N–H and O–H groups in total. The second-order valence-electron chi connectivity index (χ2n) is 10.5. The molecule has 0 radical (unpaired) electrons. The SMILES string of the molecule is CCCCCCCC#CCCCCC(=O)OCC(C(=O)OC1C[C@H]2CC[C@@H](C1)N2C)c1ccccc1. The van der Waals surface area contributed by atoms with E-state index in [1.807, 2.05) is 30.3 Å². The number of carbonyl (C=O) groups is 2. The minimum Gasteiger partial charge on any atom is -0.464 e. The molecule has 1 aromatic rings. The van der Waals surface area contributed by atoms with Gasteiger partial charge in [0.15, 0.2) is 0 Å². The number of unbranched alkanes of at least 4 members (excludes halogenated alkanes) is 7. The summed E-state index contributed by atoms with van der Waals surface area (Å²) >= 11 is 0. The average molecular weight is 496 g/mol. The second kappa shape index (κ2) is 15.7. The molecule has 2 aliphatic heterocycles. The predicted octanol–water partition coefficient (Wildman–Crippen LogP) is 6.41. The fraction of sp³-hybridized carbons (Fsp3) is 0.677. The van der Waals surface area contributed by atoms with Crippen molar-refractivity contribution in [3.63, 3.8) is 0 Å². The van der Waals surface area contributed by atoms with Crippen LogP contribution in [0.4, 0.5) is 0 Å². The maximum Gasteiger partial charge on any atom is 0.317 e. The van der Waals surface area contributed by atoms with Gasteiger partial charge in [0.05, 0.1) is 0 Å². The number of carbonyl (C=O) groups excluding carboxylic acids is 2. The number of benzene rings is 1. The normalized spacial score (nSPS) is 21.9. The molecule has 2 heterocycles. The summed E-state index contributed by atoms with van der Waals surface area (Å²) in [5.74, 6) is 5.34. The molecule has 3 rings (SSSR count). The first-order valence-corrected chi connectivity index (χ1v) is 14.2. The molecule has 5 nitrogen and oxygen atoms in total. The summed E-state index contributed by atoms with van der Waals surface area (Å²) in [7, 11) is 2.18. The summed E-state index contributed by atoms with van der Waals surface area (Å²) in [6, 6.07) is 10.5. The lowest BCUT2D eigenvalue weighted by molar-refractivity contribution is -0.158. The molecule has 0 amide bonds. The van der Waals surface area contributed by atoms with Crippen molar-refractivity contribution in [2.75, 3.05) is 13.7 Å². The van der Waals surface area contributed by atoms with E-state index in [-0.39, 0.29) is 24.6 Å². The molecule has 4 atom stereocenters. The number of ether oxygens (including phenoxy) is 2. The van der Waals surface area contributed by atoms with Gasteiger partial charge in [-0.05, 0) is 57.6 Å². The number of piperidine rings is 1. The molecule has 2 fully saturated rings. The van der Waals surface area contributed by atoms with Crippen LogP contribution in [0.15, 0.2) is 30.3 Å². The Kier molecular flexibility index (Phi) is 12.3. The van der Waals surface area contributed by atoms with Crippen molar-refractivity contribution in [3.05, 3.63) is 35.9 Å². The van der Waals surface area contributed by atoms with E-state index in [0.29, 0.717) is 18.5 Å². The molecule has 2 aliphatic rings. The summed E-state index contributed by atoms with van der Waals surface area (Å²) in [4.78, 5) is 28.0. The number of hydrogen-bond donors (Lipinski definition) is 0. The zero-order chi connectivity index (χ0) is 25.6. The van der Waals surface area contributed by atoms with Crippen LogP contribution in [0.5, 0.6) is 0 Å². The van der Waals surface area contributed by atoms with E-state index in [9.17, 15) is 9.59 Å². The van der Waals surface area contributed by atoms with Crippen LogP contribution < -0.4 is 0 Å². The van der Waals surface area contributed by atoms with Crippen molar-refractivity contribution < 1.29 is 19.1 Å². The van der Waals surface area contributed by atoms with Crippen LogP contribution >= 0.6 is 0 Å². The first kappa shape index (κ1) is 28.3. The summed E-state index contributed by atoms with van der Waals surface area (Å²) in [5, 5.41) is 0. The largest absolute Gasteiger partial charge is 0.464 e. The Bertz CT molecular complexity index is 844. The Balaban J connectivity index is 1.37. The summed E-state index contributed by atoms with van der Waals surface area (Å²) < 4.78 is 11.5. The van der Waals surface area contributed by atoms with Gasteiger partial charge in [-0.25, -0.2) is 0 Å². The summed E-state index contributed by atoms with van der Waals surface area (Å²) in [5.41, 5.74) is 0.830. The molecule has 0 saturated carbocycles. The van der Waals surface area contributed by atoms with Crippen molar-refractivity contribution in [2.24, 2.45) is 0 Å². The molecular weight excluding hydrogens is 450 g/mol. The van der Waals surface area contributed by atoms with E-state index in [1.165, 1.54) is 44.9 Å². The number of esters is 2. The highest BCUT2D eigenvalue weighted by Crippen LogP contribution is 2.36. The highest BCUT2D eigenvalue weighted by molar-refractivity contribution is 5.79. The Morgan fingerprint density at radius 3 is 2.25 bits per heavy atom. The Hall–Kier alpha value is -2.32. The third-order valence-electron chi connectivity index (χ3n) is 7.70. The predicted molar refractivity (Wildman–Crippen MR) is 143 cm³/mol. The molecule has 36 heavy (non-hydrogen) atoms. The molecule has 2 saturated heterocycles. The molecule has 0 aliphatic carbocycles. The van der Waals surface area contributed by atoms with Crippen molar-refractivity contribution >= 4 is 11.9 Å². The fourth-order valence-corrected chi connectivity index (χ4v) is 5.41. The van der Waals surface area contributed by atoms with Gasteiger partial charge in [0.2, 0.25) is 0 Å². The van der Waals surface area contributed by atoms with E-state index in [1.54, 1.807) is 0 Å². The highest BCUT2D eigenvalue weighted by atomic mass is 16.6. The van der Waals surface area contributed by atoms with E-state index in [4.69, 9.17) is 9.47 Å². The van der Waals surface area contributed by atoms with Gasteiger partial charge in [0.25, 0.3) is 0 Å². The van der Waals surface area contributed by atoms with Gasteiger partial charge in [0, 0.05) is 31.3 Å². The van der Waals surface area contributed by atoms with E-state index < -0.39 is 5.92 Å². The molecule has 2 unspecified atom stereocenters. The van der Waals surface area contributed by atoms with Crippen LogP contribution in [-0.4, -0.2) is 48.7 Å². The molecule has 198 valence electrons. The zero-order valence-corrected chi connectivity index (χ0v) is 22.4. The lowest BCUT2D eigenvalue weighted by Gasteiger charge is -2.36. The third-order valence-corrected chi connectivity index (χ3v) is 7.70. The smallest absolute Gasteiger partial charge is 0.317 e. The first-order chi connectivity index (χ1) is 17.6. The van der Waals surface area contributed by atoms with Crippen molar-refractivity contribution in [1.29, 1.82) is 0 Å². The monoisotopic (exact) mass is 495 g/mol. The van der Waals surface area contributed by atoms with Crippen LogP contribution in [0.25, 0.3) is 0 Å². The first-order valence-electron chi connectivity index (χ1n) is 14.2. The van der Waals surface area contributed by atoms with Gasteiger partial charge in [-0.15, -0.1) is 11.8 Å². The van der Waals surface area contributed by atoms with E-state index in [0.717, 1.165) is 44.1 Å². The Labute approximate surface area is 218 Å². The number of rotatable bonds is 14. The van der Waals surface area contributed by atoms with Gasteiger partial charge in [-0.2, -0.15) is 0 Å². The summed E-state index contributed by atoms with van der Waals surface area (Å²) in [6.07, 6.45) is 14.2. The molecule has 0 spiro atoms. The third kappa shape index (κ3) is 9.28. The summed E-state index contributed by atoms with van der Waals surface area (Å²) in [6.45, 7) is 2.25. The van der Waals surface area contributed by atoms with E-state index in [2.05, 4.69) is 30.7 Å². The maximum absolute atomic E-state index is 13.2. The quantitative estimate of drug-likeness (QED) is 0.170. The van der Waals surface area contributed by atoms with E-state index >= 15 is 0 Å². The minimum absolute atomic E-state index is 0.0268. The number of nitrogens with zero attached hydrogens (tertiary/aromatic N) is 1. The number of hydrogen-bond acceptors (Lipinski definition) is 5. The zero-order valence-electron chi connectivity index (χ0n) is 22.4. The maximum atomic E-state index is 13.2. The standard InChI is InChI=1S/C31H45NO4/c1-3-4-5-6-7-8-9-10-11-12-16-19-30(33)35-24-29(25-17-14-13-15-18-25)31(34)36-28-22-26-20-21-27(23-28)32(26)2/h13-15,17-18,26-29H,3-8,11-12,16,19-24H2,1-2H3/t26-,27+,28?,29?. The Morgan fingerprint density at radius 1 is 0.944 bits per heavy atom. The van der Waals surface area contributed by atoms with Crippen molar-refractivity contribution in [2.45, 2.75) is 121 Å². The average Bonchev–Trinajstić information content (AvgIpc) is 3.08. The lowest BCUT2D eigenvalue weighted by atomic mass is 9.98. The Morgan fingerprint density at radius 2 is 1.58 bits per heavy atom. The van der Waals surface area contributed by atoms with Gasteiger partial charge >= 0.3 is 11.9 Å². The van der Waals surface area contributed by atoms with Crippen molar-refractivity contribution in [3.8, 4) is 11.8 Å². The van der Waals surface area contributed by atoms with Crippen LogP contribution in [0.2, 0.25) is 0 Å². The molecule has 1 aromatic carbocycles. The van der Waals surface area contributed by atoms with Gasteiger partial charge < -0.3 is 14.4 Å². The highest BCUT2D eigenvalue weighted by Gasteiger charge is 2.40. The van der Waals surface area contributed by atoms with Crippen molar-refractivity contribution in [1.82, 2.24) is 4.90 Å². The van der Waals surface area contributed by atoms with Crippen LogP contribution in [-0.2, 0) is 19.1 Å².